The van der Waals surface area contributed by atoms with Crippen LogP contribution < -0.4 is 15.4 Å². The molecule has 8 heteroatoms. The van der Waals surface area contributed by atoms with Gasteiger partial charge >= 0.3 is 0 Å². The third kappa shape index (κ3) is 3.19. The number of phenols is 1. The second-order valence-corrected chi connectivity index (χ2v) is 12.1. The lowest BCUT2D eigenvalue weighted by atomic mass is 9.48. The Morgan fingerprint density at radius 2 is 1.83 bits per heavy atom. The van der Waals surface area contributed by atoms with Gasteiger partial charge in [0.25, 0.3) is 5.91 Å². The Morgan fingerprint density at radius 1 is 1.14 bits per heavy atom. The maximum atomic E-state index is 13.7. The van der Waals surface area contributed by atoms with Crippen LogP contribution in [0.1, 0.15) is 64.5 Å². The summed E-state index contributed by atoms with van der Waals surface area (Å²) in [5.74, 6) is 0.325. The van der Waals surface area contributed by atoms with Gasteiger partial charge in [-0.2, -0.15) is 0 Å². The number of hydrogen-bond acceptors (Lipinski definition) is 6. The quantitative estimate of drug-likeness (QED) is 0.480. The zero-order valence-electron chi connectivity index (χ0n) is 21.6. The standard InChI is InChI=1S/C28H37N3O5/c1-14(2)29-25(33)18-12-28(35)20-11-17-7-8-19(32)23-22(17)27(28,9-10-31(20)13-16-5-6-16)24(36-23)21(18)26(34)30-15(3)4/h7-8,14-16,20,24,32,35H,5-6,9-13H2,1-4H3,(H,29,33)(H,30,34)/t20-,24+,27+,28-/m1/s1. The smallest absolute Gasteiger partial charge is 0.251 e. The average Bonchev–Trinajstić information content (AvgIpc) is 3.53. The predicted octanol–water partition coefficient (Wildman–Crippen LogP) is 1.91. The fraction of sp³-hybridized carbons (Fsp3) is 0.643. The molecule has 2 bridgehead atoms. The van der Waals surface area contributed by atoms with Crippen LogP contribution in [-0.2, 0) is 21.4 Å². The fourth-order valence-electron chi connectivity index (χ4n) is 7.34. The minimum atomic E-state index is -1.30. The molecule has 0 aromatic heterocycles. The molecule has 1 aromatic rings. The Hall–Kier alpha value is -2.58. The van der Waals surface area contributed by atoms with Gasteiger partial charge in [0, 0.05) is 42.2 Å². The molecule has 194 valence electrons. The summed E-state index contributed by atoms with van der Waals surface area (Å²) in [6.07, 6.45) is 2.88. The van der Waals surface area contributed by atoms with Crippen molar-refractivity contribution < 1.29 is 24.5 Å². The topological polar surface area (TPSA) is 111 Å². The van der Waals surface area contributed by atoms with Crippen molar-refractivity contribution >= 4 is 11.8 Å². The van der Waals surface area contributed by atoms with Crippen molar-refractivity contribution in [1.82, 2.24) is 15.5 Å². The summed E-state index contributed by atoms with van der Waals surface area (Å²) in [6, 6.07) is 3.13. The number of nitrogens with zero attached hydrogens (tertiary/aromatic N) is 1. The zero-order chi connectivity index (χ0) is 25.6. The predicted molar refractivity (Wildman–Crippen MR) is 134 cm³/mol. The van der Waals surface area contributed by atoms with Crippen LogP contribution in [0.15, 0.2) is 23.3 Å². The first-order valence-corrected chi connectivity index (χ1v) is 13.4. The SMILES string of the molecule is CC(C)NC(=O)C1=C(C(=O)NC(C)C)[C@@H]2Oc3c(O)ccc4c3[C@@]23CCN(CC2CC2)[C@H](C4)[C@]3(O)C1. The number of carbonyl (C=O) groups excluding carboxylic acids is 2. The van der Waals surface area contributed by atoms with E-state index >= 15 is 0 Å². The van der Waals surface area contributed by atoms with E-state index in [2.05, 4.69) is 15.5 Å². The zero-order valence-corrected chi connectivity index (χ0v) is 21.6. The van der Waals surface area contributed by atoms with E-state index in [1.165, 1.54) is 12.8 Å². The Kier molecular flexibility index (Phi) is 5.26. The lowest BCUT2D eigenvalue weighted by Gasteiger charge is -2.63. The highest BCUT2D eigenvalue weighted by atomic mass is 16.5. The number of hydrogen-bond donors (Lipinski definition) is 4. The number of carbonyl (C=O) groups is 2. The summed E-state index contributed by atoms with van der Waals surface area (Å²) in [6.45, 7) is 9.24. The van der Waals surface area contributed by atoms with Crippen LogP contribution in [0.4, 0.5) is 0 Å². The largest absolute Gasteiger partial charge is 0.504 e. The van der Waals surface area contributed by atoms with Crippen LogP contribution in [0.5, 0.6) is 11.5 Å². The summed E-state index contributed by atoms with van der Waals surface area (Å²) in [5.41, 5.74) is 0.255. The Bertz CT molecular complexity index is 1170. The molecule has 2 amide bonds. The number of ether oxygens (including phenoxy) is 1. The molecule has 1 spiro atoms. The summed E-state index contributed by atoms with van der Waals surface area (Å²) in [5, 5.41) is 29.5. The van der Waals surface area contributed by atoms with Crippen LogP contribution in [0.25, 0.3) is 0 Å². The van der Waals surface area contributed by atoms with E-state index in [-0.39, 0.29) is 47.7 Å². The van der Waals surface area contributed by atoms with Gasteiger partial charge in [0.15, 0.2) is 11.5 Å². The number of aliphatic hydroxyl groups is 1. The van der Waals surface area contributed by atoms with Crippen molar-refractivity contribution in [1.29, 1.82) is 0 Å². The molecule has 8 nitrogen and oxygen atoms in total. The van der Waals surface area contributed by atoms with Crippen LogP contribution in [0.2, 0.25) is 0 Å². The fourth-order valence-corrected chi connectivity index (χ4v) is 7.34. The van der Waals surface area contributed by atoms with E-state index in [0.717, 1.165) is 24.2 Å². The molecule has 0 unspecified atom stereocenters. The van der Waals surface area contributed by atoms with Crippen LogP contribution in [0.3, 0.4) is 0 Å². The molecule has 2 aliphatic heterocycles. The first-order chi connectivity index (χ1) is 17.1. The molecular formula is C28H37N3O5. The van der Waals surface area contributed by atoms with E-state index in [9.17, 15) is 19.8 Å². The van der Waals surface area contributed by atoms with Crippen molar-refractivity contribution in [2.45, 2.75) is 95.0 Å². The van der Waals surface area contributed by atoms with Crippen LogP contribution in [-0.4, -0.2) is 69.8 Å². The summed E-state index contributed by atoms with van der Waals surface area (Å²) in [4.78, 5) is 29.7. The minimum Gasteiger partial charge on any atom is -0.504 e. The molecule has 1 saturated carbocycles. The number of nitrogens with one attached hydrogen (secondary N) is 2. The summed E-state index contributed by atoms with van der Waals surface area (Å²) >= 11 is 0. The molecule has 5 aliphatic rings. The molecule has 1 aromatic carbocycles. The summed E-state index contributed by atoms with van der Waals surface area (Å²) in [7, 11) is 0. The molecular weight excluding hydrogens is 458 g/mol. The Labute approximate surface area is 212 Å². The number of benzene rings is 1. The molecule has 6 rings (SSSR count). The van der Waals surface area contributed by atoms with Gasteiger partial charge in [-0.1, -0.05) is 6.07 Å². The number of piperidine rings is 1. The highest BCUT2D eigenvalue weighted by Crippen LogP contribution is 2.66. The van der Waals surface area contributed by atoms with Crippen LogP contribution >= 0.6 is 0 Å². The number of aromatic hydroxyl groups is 1. The monoisotopic (exact) mass is 495 g/mol. The Morgan fingerprint density at radius 3 is 2.50 bits per heavy atom. The van der Waals surface area contributed by atoms with E-state index in [0.29, 0.717) is 30.1 Å². The molecule has 0 radical (unpaired) electrons. The molecule has 4 N–H and O–H groups in total. The maximum absolute atomic E-state index is 13.7. The molecule has 1 saturated heterocycles. The third-order valence-corrected chi connectivity index (χ3v) is 8.91. The van der Waals surface area contributed by atoms with Crippen molar-refractivity contribution in [3.05, 3.63) is 34.4 Å². The number of rotatable bonds is 6. The van der Waals surface area contributed by atoms with Gasteiger partial charge in [-0.05, 0) is 77.5 Å². The lowest BCUT2D eigenvalue weighted by Crippen LogP contribution is -2.76. The number of likely N-dealkylation sites (tertiary alicyclic amines) is 1. The number of amides is 2. The average molecular weight is 496 g/mol. The maximum Gasteiger partial charge on any atom is 0.251 e. The first kappa shape index (κ1) is 23.8. The molecule has 3 aliphatic carbocycles. The normalized spacial score (nSPS) is 32.4. The molecule has 36 heavy (non-hydrogen) atoms. The third-order valence-electron chi connectivity index (χ3n) is 8.91. The van der Waals surface area contributed by atoms with E-state index < -0.39 is 17.1 Å². The second-order valence-electron chi connectivity index (χ2n) is 12.1. The lowest BCUT2D eigenvalue weighted by molar-refractivity contribution is -0.168. The van der Waals surface area contributed by atoms with Gasteiger partial charge in [-0.15, -0.1) is 0 Å². The first-order valence-electron chi connectivity index (χ1n) is 13.4. The van der Waals surface area contributed by atoms with Crippen LogP contribution in [0, 0.1) is 5.92 Å². The summed E-state index contributed by atoms with van der Waals surface area (Å²) < 4.78 is 6.48. The van der Waals surface area contributed by atoms with Gasteiger partial charge in [0.1, 0.15) is 6.10 Å². The second kappa shape index (κ2) is 7.96. The van der Waals surface area contributed by atoms with E-state index in [4.69, 9.17) is 4.74 Å². The van der Waals surface area contributed by atoms with Gasteiger partial charge in [0.2, 0.25) is 5.91 Å². The van der Waals surface area contributed by atoms with Crippen molar-refractivity contribution in [3.63, 3.8) is 0 Å². The highest BCUT2D eigenvalue weighted by Gasteiger charge is 2.73. The molecule has 2 fully saturated rings. The van der Waals surface area contributed by atoms with E-state index in [1.54, 1.807) is 6.07 Å². The van der Waals surface area contributed by atoms with Crippen molar-refractivity contribution in [3.8, 4) is 11.5 Å². The van der Waals surface area contributed by atoms with Gasteiger partial charge in [0.05, 0.1) is 16.6 Å². The molecule has 4 atom stereocenters. The molecule has 2 heterocycles. The number of phenolic OH excluding ortho intramolecular Hbond substituents is 1. The van der Waals surface area contributed by atoms with Crippen molar-refractivity contribution in [2.75, 3.05) is 13.1 Å². The van der Waals surface area contributed by atoms with Crippen molar-refractivity contribution in [2.24, 2.45) is 5.92 Å². The minimum absolute atomic E-state index is 0.00975. The Balaban J connectivity index is 1.57. The van der Waals surface area contributed by atoms with E-state index in [1.807, 2.05) is 33.8 Å². The van der Waals surface area contributed by atoms with Gasteiger partial charge in [-0.3, -0.25) is 14.5 Å². The highest BCUT2D eigenvalue weighted by molar-refractivity contribution is 6.07. The van der Waals surface area contributed by atoms with Gasteiger partial charge < -0.3 is 25.6 Å². The van der Waals surface area contributed by atoms with Gasteiger partial charge in [-0.25, -0.2) is 0 Å².